The van der Waals surface area contributed by atoms with E-state index in [1.165, 1.54) is 0 Å². The maximum Gasteiger partial charge on any atom is 0.315 e. The molecule has 0 amide bonds. The normalized spacial score (nSPS) is 20.1. The Morgan fingerprint density at radius 1 is 1.73 bits per heavy atom. The predicted octanol–water partition coefficient (Wildman–Crippen LogP) is 1.91. The van der Waals surface area contributed by atoms with E-state index in [-0.39, 0.29) is 11.4 Å². The first-order valence-corrected chi connectivity index (χ1v) is 4.06. The van der Waals surface area contributed by atoms with E-state index in [1.54, 1.807) is 6.08 Å². The zero-order valence-electron chi connectivity index (χ0n) is 6.93. The van der Waals surface area contributed by atoms with Gasteiger partial charge in [0.05, 0.1) is 12.0 Å². The number of ether oxygens (including phenoxy) is 1. The summed E-state index contributed by atoms with van der Waals surface area (Å²) in [4.78, 5) is 11.3. The zero-order valence-corrected chi connectivity index (χ0v) is 6.93. The summed E-state index contributed by atoms with van der Waals surface area (Å²) in [6, 6.07) is 0. The zero-order chi connectivity index (χ0) is 8.32. The Morgan fingerprint density at radius 2 is 2.36 bits per heavy atom. The van der Waals surface area contributed by atoms with Crippen molar-refractivity contribution in [2.45, 2.75) is 26.2 Å². The van der Waals surface area contributed by atoms with Crippen LogP contribution in [0.2, 0.25) is 0 Å². The summed E-state index contributed by atoms with van der Waals surface area (Å²) in [6.45, 7) is 5.95. The second-order valence-corrected chi connectivity index (χ2v) is 2.93. The number of hydrogen-bond acceptors (Lipinski definition) is 2. The van der Waals surface area contributed by atoms with E-state index in [0.29, 0.717) is 6.61 Å². The Hall–Kier alpha value is -0.790. The van der Waals surface area contributed by atoms with Crippen LogP contribution in [0.4, 0.5) is 0 Å². The van der Waals surface area contributed by atoms with Crippen molar-refractivity contribution >= 4 is 5.97 Å². The van der Waals surface area contributed by atoms with E-state index in [1.807, 2.05) is 6.92 Å². The van der Waals surface area contributed by atoms with E-state index in [9.17, 15) is 4.79 Å². The minimum Gasteiger partial charge on any atom is -0.465 e. The molecule has 11 heavy (non-hydrogen) atoms. The van der Waals surface area contributed by atoms with Crippen molar-refractivity contribution in [3.05, 3.63) is 12.7 Å². The van der Waals surface area contributed by atoms with Gasteiger partial charge >= 0.3 is 5.97 Å². The SMILES string of the molecule is C=CC1(C(=O)OCC)CCC1. The van der Waals surface area contributed by atoms with E-state index < -0.39 is 0 Å². The topological polar surface area (TPSA) is 26.3 Å². The summed E-state index contributed by atoms with van der Waals surface area (Å²) in [6.07, 6.45) is 4.67. The highest BCUT2D eigenvalue weighted by Crippen LogP contribution is 2.42. The standard InChI is InChI=1S/C9H14O2/c1-3-9(6-5-7-9)8(10)11-4-2/h3H,1,4-7H2,2H3. The number of carbonyl (C=O) groups is 1. The number of rotatable bonds is 3. The molecule has 0 aromatic rings. The summed E-state index contributed by atoms with van der Waals surface area (Å²) in [5.74, 6) is -0.0961. The molecular weight excluding hydrogens is 140 g/mol. The maximum atomic E-state index is 11.3. The molecule has 0 unspecified atom stereocenters. The maximum absolute atomic E-state index is 11.3. The Morgan fingerprint density at radius 3 is 2.64 bits per heavy atom. The summed E-state index contributed by atoms with van der Waals surface area (Å²) in [5, 5.41) is 0. The summed E-state index contributed by atoms with van der Waals surface area (Å²) in [7, 11) is 0. The molecule has 0 spiro atoms. The molecule has 1 fully saturated rings. The molecule has 0 N–H and O–H groups in total. The third-order valence-corrected chi connectivity index (χ3v) is 2.32. The summed E-state index contributed by atoms with van der Waals surface area (Å²) >= 11 is 0. The molecule has 0 aliphatic heterocycles. The minimum absolute atomic E-state index is 0.0961. The van der Waals surface area contributed by atoms with Crippen molar-refractivity contribution in [3.8, 4) is 0 Å². The van der Waals surface area contributed by atoms with Crippen molar-refractivity contribution in [2.75, 3.05) is 6.61 Å². The van der Waals surface area contributed by atoms with Crippen LogP contribution in [0.15, 0.2) is 12.7 Å². The molecule has 0 saturated heterocycles. The largest absolute Gasteiger partial charge is 0.465 e. The molecule has 1 aliphatic rings. The van der Waals surface area contributed by atoms with Gasteiger partial charge in [-0.25, -0.2) is 0 Å². The molecule has 62 valence electrons. The van der Waals surface area contributed by atoms with Crippen LogP contribution < -0.4 is 0 Å². The smallest absolute Gasteiger partial charge is 0.315 e. The van der Waals surface area contributed by atoms with Crippen LogP contribution >= 0.6 is 0 Å². The van der Waals surface area contributed by atoms with Crippen LogP contribution in [-0.4, -0.2) is 12.6 Å². The molecular formula is C9H14O2. The molecule has 1 aliphatic carbocycles. The lowest BCUT2D eigenvalue weighted by Crippen LogP contribution is -2.37. The van der Waals surface area contributed by atoms with Crippen LogP contribution in [0.5, 0.6) is 0 Å². The summed E-state index contributed by atoms with van der Waals surface area (Å²) < 4.78 is 4.93. The lowest BCUT2D eigenvalue weighted by atomic mass is 9.69. The Bertz CT molecular complexity index is 168. The third-order valence-electron chi connectivity index (χ3n) is 2.32. The van der Waals surface area contributed by atoms with Crippen molar-refractivity contribution in [2.24, 2.45) is 5.41 Å². The van der Waals surface area contributed by atoms with Gasteiger partial charge in [0.2, 0.25) is 0 Å². The van der Waals surface area contributed by atoms with Crippen LogP contribution in [-0.2, 0) is 9.53 Å². The molecule has 1 rings (SSSR count). The number of esters is 1. The Balaban J connectivity index is 2.54. The Labute approximate surface area is 67.2 Å². The second-order valence-electron chi connectivity index (χ2n) is 2.93. The molecule has 0 atom stereocenters. The van der Waals surface area contributed by atoms with E-state index >= 15 is 0 Å². The van der Waals surface area contributed by atoms with Gasteiger partial charge in [-0.15, -0.1) is 6.58 Å². The average molecular weight is 154 g/mol. The molecule has 0 bridgehead atoms. The number of hydrogen-bond donors (Lipinski definition) is 0. The first kappa shape index (κ1) is 8.31. The highest BCUT2D eigenvalue weighted by atomic mass is 16.5. The minimum atomic E-state index is -0.323. The predicted molar refractivity (Wildman–Crippen MR) is 43.1 cm³/mol. The first-order chi connectivity index (χ1) is 5.25. The van der Waals surface area contributed by atoms with Crippen LogP contribution in [0.25, 0.3) is 0 Å². The van der Waals surface area contributed by atoms with Gasteiger partial charge in [0.25, 0.3) is 0 Å². The molecule has 0 heterocycles. The van der Waals surface area contributed by atoms with Crippen LogP contribution in [0.3, 0.4) is 0 Å². The fraction of sp³-hybridized carbons (Fsp3) is 0.667. The Kier molecular flexibility index (Phi) is 2.32. The van der Waals surface area contributed by atoms with Gasteiger partial charge in [-0.1, -0.05) is 12.5 Å². The number of carbonyl (C=O) groups excluding carboxylic acids is 1. The highest BCUT2D eigenvalue weighted by molar-refractivity contribution is 5.80. The molecule has 0 aromatic carbocycles. The molecule has 0 aromatic heterocycles. The van der Waals surface area contributed by atoms with E-state index in [4.69, 9.17) is 4.74 Å². The quantitative estimate of drug-likeness (QED) is 0.458. The van der Waals surface area contributed by atoms with E-state index in [0.717, 1.165) is 19.3 Å². The van der Waals surface area contributed by atoms with Crippen molar-refractivity contribution in [1.29, 1.82) is 0 Å². The fourth-order valence-corrected chi connectivity index (χ4v) is 1.32. The van der Waals surface area contributed by atoms with Gasteiger partial charge in [-0.05, 0) is 19.8 Å². The van der Waals surface area contributed by atoms with Crippen LogP contribution in [0, 0.1) is 5.41 Å². The fourth-order valence-electron chi connectivity index (χ4n) is 1.32. The molecule has 0 radical (unpaired) electrons. The van der Waals surface area contributed by atoms with Gasteiger partial charge in [-0.2, -0.15) is 0 Å². The van der Waals surface area contributed by atoms with Crippen molar-refractivity contribution in [1.82, 2.24) is 0 Å². The second kappa shape index (κ2) is 3.07. The van der Waals surface area contributed by atoms with Crippen molar-refractivity contribution in [3.63, 3.8) is 0 Å². The summed E-state index contributed by atoms with van der Waals surface area (Å²) in [5.41, 5.74) is -0.323. The van der Waals surface area contributed by atoms with Gasteiger partial charge in [-0.3, -0.25) is 4.79 Å². The van der Waals surface area contributed by atoms with Gasteiger partial charge in [0, 0.05) is 0 Å². The average Bonchev–Trinajstić information content (AvgIpc) is 1.87. The van der Waals surface area contributed by atoms with Crippen LogP contribution in [0.1, 0.15) is 26.2 Å². The lowest BCUT2D eigenvalue weighted by molar-refractivity contribution is -0.156. The van der Waals surface area contributed by atoms with Gasteiger partial charge in [0.15, 0.2) is 0 Å². The van der Waals surface area contributed by atoms with Gasteiger partial charge in [0.1, 0.15) is 0 Å². The van der Waals surface area contributed by atoms with Crippen molar-refractivity contribution < 1.29 is 9.53 Å². The van der Waals surface area contributed by atoms with Gasteiger partial charge < -0.3 is 4.74 Å². The first-order valence-electron chi connectivity index (χ1n) is 4.06. The molecule has 1 saturated carbocycles. The van der Waals surface area contributed by atoms with E-state index in [2.05, 4.69) is 6.58 Å². The highest BCUT2D eigenvalue weighted by Gasteiger charge is 2.42. The molecule has 2 nitrogen and oxygen atoms in total. The lowest BCUT2D eigenvalue weighted by Gasteiger charge is -2.35. The third kappa shape index (κ3) is 1.30. The monoisotopic (exact) mass is 154 g/mol. The molecule has 2 heteroatoms.